The Morgan fingerprint density at radius 1 is 1.53 bits per heavy atom. The lowest BCUT2D eigenvalue weighted by Crippen LogP contribution is -2.37. The van der Waals surface area contributed by atoms with E-state index in [9.17, 15) is 13.2 Å². The molecule has 0 fully saturated rings. The molecule has 0 spiro atoms. The minimum atomic E-state index is -5.19. The molecule has 0 aromatic carbocycles. The molecular weight excluding hydrogens is 283 g/mol. The molecule has 0 radical (unpaired) electrons. The van der Waals surface area contributed by atoms with Crippen molar-refractivity contribution in [3.05, 3.63) is 18.5 Å². The Morgan fingerprint density at radius 2 is 2.05 bits per heavy atom. The summed E-state index contributed by atoms with van der Waals surface area (Å²) in [5.74, 6) is -3.01. The molecule has 104 valence electrons. The fourth-order valence-corrected chi connectivity index (χ4v) is 1.45. The molecule has 9 heteroatoms. The average molecular weight is 293 g/mol. The molecule has 5 nitrogen and oxygen atoms in total. The van der Waals surface area contributed by atoms with E-state index in [0.717, 1.165) is 16.2 Å². The molecule has 0 unspecified atom stereocenters. The van der Waals surface area contributed by atoms with E-state index >= 15 is 0 Å². The summed E-state index contributed by atoms with van der Waals surface area (Å²) in [6.45, 7) is 0. The number of aromatic nitrogens is 3. The van der Waals surface area contributed by atoms with Gasteiger partial charge in [0.15, 0.2) is 23.1 Å². The van der Waals surface area contributed by atoms with Gasteiger partial charge in [-0.2, -0.15) is 13.2 Å². The summed E-state index contributed by atoms with van der Waals surface area (Å²) >= 11 is 4.23. The largest absolute Gasteiger partial charge is 0.542 e. The topological polar surface area (TPSA) is 61.8 Å². The van der Waals surface area contributed by atoms with Crippen LogP contribution in [-0.2, 0) is 18.9 Å². The standard InChI is InChI=1S/C8H9N3S.C2HF3O2/c1-10-4-3-7-6(5-10)9-8(12)11(7)2;3-2(4,5)1(6)7/h3-5H,1-2H3;(H,6,7). The quantitative estimate of drug-likeness (QED) is 0.549. The first-order chi connectivity index (χ1) is 8.62. The second kappa shape index (κ2) is 5.47. The first-order valence-electron chi connectivity index (χ1n) is 4.91. The number of fused-ring (bicyclic) bond motifs is 1. The number of aliphatic carboxylic acids is 1. The van der Waals surface area contributed by atoms with Crippen molar-refractivity contribution >= 4 is 29.6 Å². The second-order valence-electron chi connectivity index (χ2n) is 3.64. The summed E-state index contributed by atoms with van der Waals surface area (Å²) in [6.07, 6.45) is -1.22. The molecule has 0 bridgehead atoms. The summed E-state index contributed by atoms with van der Waals surface area (Å²) < 4.78 is 35.5. The van der Waals surface area contributed by atoms with Crippen molar-refractivity contribution in [2.24, 2.45) is 14.1 Å². The monoisotopic (exact) mass is 293 g/mol. The van der Waals surface area contributed by atoms with Crippen LogP contribution in [0.25, 0.3) is 11.0 Å². The fourth-order valence-electron chi connectivity index (χ4n) is 1.24. The molecule has 19 heavy (non-hydrogen) atoms. The number of carboxylic acid groups (broad SMARTS) is 1. The number of rotatable bonds is 0. The van der Waals surface area contributed by atoms with Crippen LogP contribution in [0, 0.1) is 0 Å². The highest BCUT2D eigenvalue weighted by Gasteiger charge is 2.28. The molecule has 0 aliphatic carbocycles. The Morgan fingerprint density at radius 3 is 2.53 bits per heavy atom. The maximum atomic E-state index is 10.5. The Hall–Kier alpha value is -1.77. The molecule has 0 N–H and O–H groups in total. The predicted molar refractivity (Wildman–Crippen MR) is 60.2 cm³/mol. The highest BCUT2D eigenvalue weighted by molar-refractivity contribution is 7.80. The van der Waals surface area contributed by atoms with E-state index in [1.165, 1.54) is 0 Å². The third kappa shape index (κ3) is 3.85. The molecule has 2 heterocycles. The van der Waals surface area contributed by atoms with E-state index in [2.05, 4.69) is 17.6 Å². The minimum Gasteiger partial charge on any atom is -0.542 e. The zero-order valence-corrected chi connectivity index (χ0v) is 10.9. The molecule has 0 aliphatic rings. The lowest BCUT2D eigenvalue weighted by Gasteiger charge is -2.03. The van der Waals surface area contributed by atoms with E-state index in [0.29, 0.717) is 0 Å². The number of carbonyl (C=O) groups is 1. The van der Waals surface area contributed by atoms with Crippen molar-refractivity contribution in [3.63, 3.8) is 0 Å². The molecule has 0 aliphatic heterocycles. The average Bonchev–Trinajstić information content (AvgIpc) is 2.53. The SMILES string of the molecule is Cn1c(S)nc2c[n+](C)ccc21.O=C([O-])C(F)(F)F. The van der Waals surface area contributed by atoms with E-state index < -0.39 is 12.1 Å². The van der Waals surface area contributed by atoms with Crippen LogP contribution in [-0.4, -0.2) is 21.7 Å². The van der Waals surface area contributed by atoms with Crippen LogP contribution in [0.4, 0.5) is 13.2 Å². The van der Waals surface area contributed by atoms with Crippen molar-refractivity contribution in [1.29, 1.82) is 0 Å². The predicted octanol–water partition coefficient (Wildman–Crippen LogP) is -0.0149. The van der Waals surface area contributed by atoms with E-state index in [1.807, 2.05) is 41.7 Å². The number of carboxylic acids is 1. The zero-order chi connectivity index (χ0) is 14.8. The van der Waals surface area contributed by atoms with Crippen LogP contribution in [0.15, 0.2) is 23.6 Å². The number of hydrogen-bond donors (Lipinski definition) is 1. The van der Waals surface area contributed by atoms with Crippen molar-refractivity contribution in [1.82, 2.24) is 9.55 Å². The van der Waals surface area contributed by atoms with E-state index in [4.69, 9.17) is 9.90 Å². The molecule has 0 saturated carbocycles. The van der Waals surface area contributed by atoms with Gasteiger partial charge in [0.05, 0.1) is 5.52 Å². The van der Waals surface area contributed by atoms with Crippen LogP contribution in [0.2, 0.25) is 0 Å². The van der Waals surface area contributed by atoms with Crippen molar-refractivity contribution in [2.75, 3.05) is 0 Å². The lowest BCUT2D eigenvalue weighted by molar-refractivity contribution is -0.670. The van der Waals surface area contributed by atoms with Crippen molar-refractivity contribution in [2.45, 2.75) is 11.3 Å². The van der Waals surface area contributed by atoms with Crippen LogP contribution in [0.3, 0.4) is 0 Å². The first-order valence-corrected chi connectivity index (χ1v) is 5.36. The van der Waals surface area contributed by atoms with Gasteiger partial charge in [0.25, 0.3) is 0 Å². The van der Waals surface area contributed by atoms with Gasteiger partial charge in [-0.25, -0.2) is 9.55 Å². The number of carbonyl (C=O) groups excluding carboxylic acids is 1. The Labute approximate surface area is 111 Å². The van der Waals surface area contributed by atoms with Crippen LogP contribution < -0.4 is 9.67 Å². The number of imidazole rings is 1. The Balaban J connectivity index is 0.000000224. The highest BCUT2D eigenvalue weighted by Crippen LogP contribution is 2.14. The first kappa shape index (κ1) is 15.3. The van der Waals surface area contributed by atoms with Crippen LogP contribution in [0.1, 0.15) is 0 Å². The smallest absolute Gasteiger partial charge is 0.430 e. The lowest BCUT2D eigenvalue weighted by atomic mass is 10.4. The van der Waals surface area contributed by atoms with Gasteiger partial charge in [-0.1, -0.05) is 0 Å². The third-order valence-corrected chi connectivity index (χ3v) is 2.57. The van der Waals surface area contributed by atoms with Gasteiger partial charge in [0, 0.05) is 13.1 Å². The Kier molecular flexibility index (Phi) is 4.40. The molecule has 2 aromatic heterocycles. The number of halogens is 3. The Bertz CT molecular complexity index is 610. The second-order valence-corrected chi connectivity index (χ2v) is 4.04. The van der Waals surface area contributed by atoms with Gasteiger partial charge < -0.3 is 14.5 Å². The number of aryl methyl sites for hydroxylation is 2. The maximum absolute atomic E-state index is 10.5. The highest BCUT2D eigenvalue weighted by atomic mass is 32.1. The third-order valence-electron chi connectivity index (χ3n) is 2.17. The van der Waals surface area contributed by atoms with Crippen LogP contribution in [0.5, 0.6) is 0 Å². The normalized spacial score (nSPS) is 11.1. The molecule has 0 saturated heterocycles. The fraction of sp³-hybridized carbons (Fsp3) is 0.300. The van der Waals surface area contributed by atoms with E-state index in [-0.39, 0.29) is 0 Å². The van der Waals surface area contributed by atoms with Crippen molar-refractivity contribution < 1.29 is 27.6 Å². The summed E-state index contributed by atoms with van der Waals surface area (Å²) in [5.41, 5.74) is 2.09. The molecule has 0 atom stereocenters. The molecular formula is C10H10F3N3O2S. The summed E-state index contributed by atoms with van der Waals surface area (Å²) in [7, 11) is 3.93. The van der Waals surface area contributed by atoms with Gasteiger partial charge in [0.2, 0.25) is 0 Å². The number of hydrogen-bond acceptors (Lipinski definition) is 4. The maximum Gasteiger partial charge on any atom is 0.430 e. The summed E-state index contributed by atoms with van der Waals surface area (Å²) in [5, 5.41) is 9.53. The van der Waals surface area contributed by atoms with Gasteiger partial charge in [0.1, 0.15) is 13.0 Å². The number of thiol groups is 1. The van der Waals surface area contributed by atoms with Gasteiger partial charge in [-0.05, 0) is 0 Å². The van der Waals surface area contributed by atoms with Gasteiger partial charge in [-0.15, -0.1) is 12.6 Å². The zero-order valence-electron chi connectivity index (χ0n) is 9.97. The van der Waals surface area contributed by atoms with Gasteiger partial charge >= 0.3 is 6.18 Å². The molecule has 0 amide bonds. The minimum absolute atomic E-state index is 0.746. The number of pyridine rings is 1. The van der Waals surface area contributed by atoms with Gasteiger partial charge in [-0.3, -0.25) is 0 Å². The van der Waals surface area contributed by atoms with Crippen molar-refractivity contribution in [3.8, 4) is 0 Å². The number of nitrogens with zero attached hydrogens (tertiary/aromatic N) is 3. The molecule has 2 rings (SSSR count). The van der Waals surface area contributed by atoms with E-state index in [1.54, 1.807) is 0 Å². The summed E-state index contributed by atoms with van der Waals surface area (Å²) in [4.78, 5) is 13.1. The molecule has 2 aromatic rings. The summed E-state index contributed by atoms with van der Waals surface area (Å²) in [6, 6.07) is 2.03. The number of alkyl halides is 3. The van der Waals surface area contributed by atoms with Crippen LogP contribution >= 0.6 is 12.6 Å².